The fourth-order valence-corrected chi connectivity index (χ4v) is 5.67. The molecule has 0 unspecified atom stereocenters. The molecule has 37 heavy (non-hydrogen) atoms. The van der Waals surface area contributed by atoms with Crippen molar-refractivity contribution in [2.75, 3.05) is 55.7 Å². The van der Waals surface area contributed by atoms with Crippen LogP contribution in [0.2, 0.25) is 0 Å². The van der Waals surface area contributed by atoms with E-state index in [-0.39, 0.29) is 24.2 Å². The maximum atomic E-state index is 12.0. The van der Waals surface area contributed by atoms with Gasteiger partial charge < -0.3 is 33.7 Å². The van der Waals surface area contributed by atoms with Crippen molar-refractivity contribution >= 4 is 12.4 Å². The Hall–Kier alpha value is -2.35. The average molecular weight is 538 g/mol. The number of hydrogen-bond acceptors (Lipinski definition) is 7. The molecular weight excluding hydrogens is 494 g/mol. The first kappa shape index (κ1) is 30.9. The molecule has 0 aromatic heterocycles. The molecule has 0 saturated carbocycles. The number of nitrogens with zero attached hydrogens (tertiary/aromatic N) is 1. The Morgan fingerprint density at radius 2 is 1.54 bits per heavy atom. The van der Waals surface area contributed by atoms with Crippen molar-refractivity contribution in [2.24, 2.45) is 5.92 Å². The van der Waals surface area contributed by atoms with Gasteiger partial charge >= 0.3 is 0 Å². The number of aliphatic hydroxyl groups is 1. The Morgan fingerprint density at radius 1 is 0.892 bits per heavy atom. The highest BCUT2D eigenvalue weighted by atomic mass is 35.5. The Balaban J connectivity index is 0.00000481. The third kappa shape index (κ3) is 6.57. The van der Waals surface area contributed by atoms with Crippen molar-refractivity contribution < 1.29 is 28.8 Å². The molecule has 0 heterocycles. The standard InChI is InChI=1S/C29H43NO6.ClH/c1-19(2)26-22-18-25(34-6)28(36-8)27(35-7)21(22)11-13-29(26,31)14-16-30(3)15-12-20-9-10-23(32-4)24(17-20)33-5;/h9-10,17-19,26,31H,11-16H2,1-8H3;1H/t26-,29-;/m0./s1. The lowest BCUT2D eigenvalue weighted by molar-refractivity contribution is -0.0303. The number of methoxy groups -OCH3 is 5. The van der Waals surface area contributed by atoms with E-state index in [2.05, 4.69) is 31.9 Å². The van der Waals surface area contributed by atoms with E-state index in [0.717, 1.165) is 48.6 Å². The summed E-state index contributed by atoms with van der Waals surface area (Å²) in [5, 5.41) is 12.0. The second-order valence-corrected chi connectivity index (χ2v) is 10.0. The van der Waals surface area contributed by atoms with Crippen LogP contribution in [-0.4, -0.2) is 71.3 Å². The van der Waals surface area contributed by atoms with Gasteiger partial charge in [-0.2, -0.15) is 0 Å². The van der Waals surface area contributed by atoms with E-state index in [4.69, 9.17) is 23.7 Å². The van der Waals surface area contributed by atoms with Crippen molar-refractivity contribution in [3.63, 3.8) is 0 Å². The highest BCUT2D eigenvalue weighted by Gasteiger charge is 2.45. The molecule has 2 atom stereocenters. The van der Waals surface area contributed by atoms with Gasteiger partial charge in [-0.15, -0.1) is 12.4 Å². The van der Waals surface area contributed by atoms with Gasteiger partial charge in [-0.05, 0) is 68.0 Å². The number of halogens is 1. The monoisotopic (exact) mass is 537 g/mol. The lowest BCUT2D eigenvalue weighted by Gasteiger charge is -2.45. The maximum absolute atomic E-state index is 12.0. The van der Waals surface area contributed by atoms with Crippen molar-refractivity contribution in [1.29, 1.82) is 0 Å². The number of benzene rings is 2. The summed E-state index contributed by atoms with van der Waals surface area (Å²) in [4.78, 5) is 2.29. The topological polar surface area (TPSA) is 69.6 Å². The predicted octanol–water partition coefficient (Wildman–Crippen LogP) is 5.13. The van der Waals surface area contributed by atoms with Gasteiger partial charge in [0, 0.05) is 24.6 Å². The van der Waals surface area contributed by atoms with Gasteiger partial charge in [0.15, 0.2) is 23.0 Å². The minimum absolute atomic E-state index is 0. The molecule has 2 aromatic carbocycles. The van der Waals surface area contributed by atoms with Gasteiger partial charge in [0.1, 0.15) is 0 Å². The fraction of sp³-hybridized carbons (Fsp3) is 0.586. The molecule has 1 aliphatic carbocycles. The smallest absolute Gasteiger partial charge is 0.203 e. The second-order valence-electron chi connectivity index (χ2n) is 10.0. The number of fused-ring (bicyclic) bond motifs is 1. The van der Waals surface area contributed by atoms with Gasteiger partial charge in [-0.1, -0.05) is 19.9 Å². The van der Waals surface area contributed by atoms with Crippen LogP contribution in [0.1, 0.15) is 49.3 Å². The van der Waals surface area contributed by atoms with Crippen molar-refractivity contribution in [3.8, 4) is 28.7 Å². The zero-order chi connectivity index (χ0) is 26.5. The van der Waals surface area contributed by atoms with E-state index in [1.165, 1.54) is 5.56 Å². The largest absolute Gasteiger partial charge is 0.493 e. The van der Waals surface area contributed by atoms with Crippen LogP contribution in [0.3, 0.4) is 0 Å². The van der Waals surface area contributed by atoms with E-state index >= 15 is 0 Å². The Kier molecular flexibility index (Phi) is 11.2. The van der Waals surface area contributed by atoms with Crippen molar-refractivity contribution in [3.05, 3.63) is 41.0 Å². The zero-order valence-electron chi connectivity index (χ0n) is 23.6. The first-order valence-electron chi connectivity index (χ1n) is 12.7. The predicted molar refractivity (Wildman–Crippen MR) is 150 cm³/mol. The normalized spacial score (nSPS) is 18.7. The lowest BCUT2D eigenvalue weighted by atomic mass is 9.65. The summed E-state index contributed by atoms with van der Waals surface area (Å²) in [5.74, 6) is 3.65. The van der Waals surface area contributed by atoms with Crippen LogP contribution in [0.15, 0.2) is 24.3 Å². The van der Waals surface area contributed by atoms with Crippen LogP contribution in [0.4, 0.5) is 0 Å². The Labute approximate surface area is 228 Å². The van der Waals surface area contributed by atoms with Gasteiger partial charge in [-0.25, -0.2) is 0 Å². The lowest BCUT2D eigenvalue weighted by Crippen LogP contribution is -2.45. The SMILES string of the molecule is COc1ccc(CCN(C)CC[C@@]2(O)CCc3c(cc(OC)c(OC)c3OC)[C@@H]2C(C)C)cc1OC.Cl. The van der Waals surface area contributed by atoms with E-state index in [0.29, 0.717) is 30.1 Å². The minimum Gasteiger partial charge on any atom is -0.493 e. The molecule has 0 aliphatic heterocycles. The van der Waals surface area contributed by atoms with E-state index in [9.17, 15) is 5.11 Å². The van der Waals surface area contributed by atoms with Crippen LogP contribution in [-0.2, 0) is 12.8 Å². The molecule has 208 valence electrons. The molecule has 1 N–H and O–H groups in total. The van der Waals surface area contributed by atoms with Gasteiger partial charge in [-0.3, -0.25) is 0 Å². The number of ether oxygens (including phenoxy) is 5. The summed E-state index contributed by atoms with van der Waals surface area (Å²) in [6.07, 6.45) is 2.99. The quantitative estimate of drug-likeness (QED) is 0.402. The minimum atomic E-state index is -0.816. The highest BCUT2D eigenvalue weighted by molar-refractivity contribution is 5.85. The van der Waals surface area contributed by atoms with Crippen LogP contribution in [0.25, 0.3) is 0 Å². The molecule has 8 heteroatoms. The molecule has 2 aromatic rings. The van der Waals surface area contributed by atoms with Gasteiger partial charge in [0.25, 0.3) is 0 Å². The first-order chi connectivity index (χ1) is 17.2. The molecule has 0 bridgehead atoms. The summed E-state index contributed by atoms with van der Waals surface area (Å²) in [6, 6.07) is 8.08. The summed E-state index contributed by atoms with van der Waals surface area (Å²) in [5.41, 5.74) is 2.59. The highest BCUT2D eigenvalue weighted by Crippen LogP contribution is 2.52. The average Bonchev–Trinajstić information content (AvgIpc) is 2.88. The molecule has 0 fully saturated rings. The molecule has 0 spiro atoms. The van der Waals surface area contributed by atoms with Crippen molar-refractivity contribution in [1.82, 2.24) is 4.90 Å². The van der Waals surface area contributed by atoms with Crippen LogP contribution >= 0.6 is 12.4 Å². The molecule has 0 radical (unpaired) electrons. The Bertz CT molecular complexity index is 1030. The number of hydrogen-bond donors (Lipinski definition) is 1. The fourth-order valence-electron chi connectivity index (χ4n) is 5.67. The summed E-state index contributed by atoms with van der Waals surface area (Å²) < 4.78 is 27.8. The Morgan fingerprint density at radius 3 is 2.11 bits per heavy atom. The summed E-state index contributed by atoms with van der Waals surface area (Å²) in [6.45, 7) is 6.03. The molecule has 0 amide bonds. The molecular formula is C29H44ClNO6. The van der Waals surface area contributed by atoms with Crippen molar-refractivity contribution in [2.45, 2.75) is 51.0 Å². The molecule has 0 saturated heterocycles. The summed E-state index contributed by atoms with van der Waals surface area (Å²) >= 11 is 0. The number of rotatable bonds is 12. The maximum Gasteiger partial charge on any atom is 0.203 e. The molecule has 1 aliphatic rings. The first-order valence-corrected chi connectivity index (χ1v) is 12.7. The van der Waals surface area contributed by atoms with E-state index in [1.807, 2.05) is 18.2 Å². The van der Waals surface area contributed by atoms with Gasteiger partial charge in [0.05, 0.1) is 41.2 Å². The van der Waals surface area contributed by atoms with Crippen LogP contribution in [0, 0.1) is 5.92 Å². The third-order valence-corrected chi connectivity index (χ3v) is 7.51. The second kappa shape index (κ2) is 13.4. The number of likely N-dealkylation sites (N-methyl/N-ethyl adjacent to an activating group) is 1. The molecule has 3 rings (SSSR count). The summed E-state index contributed by atoms with van der Waals surface area (Å²) in [7, 11) is 10.3. The van der Waals surface area contributed by atoms with Crippen LogP contribution in [0.5, 0.6) is 28.7 Å². The molecule has 7 nitrogen and oxygen atoms in total. The van der Waals surface area contributed by atoms with Crippen LogP contribution < -0.4 is 23.7 Å². The third-order valence-electron chi connectivity index (χ3n) is 7.51. The van der Waals surface area contributed by atoms with Gasteiger partial charge in [0.2, 0.25) is 5.75 Å². The zero-order valence-corrected chi connectivity index (χ0v) is 24.4. The van der Waals surface area contributed by atoms with E-state index < -0.39 is 5.60 Å². The van der Waals surface area contributed by atoms with E-state index in [1.54, 1.807) is 35.5 Å².